The average molecular weight is 377 g/mol. The summed E-state index contributed by atoms with van der Waals surface area (Å²) in [7, 11) is 0. The minimum Gasteiger partial charge on any atom is -0.490 e. The number of nitrogens with one attached hydrogen (secondary N) is 1. The lowest BCUT2D eigenvalue weighted by Gasteiger charge is -2.23. The topological polar surface area (TPSA) is 73.9 Å². The Morgan fingerprint density at radius 2 is 1.85 bits per heavy atom. The van der Waals surface area contributed by atoms with Crippen LogP contribution < -0.4 is 10.1 Å². The standard InChI is InChI=1S/C21H31NO5/c1-14-9-11-16(12-10-14)26-17-7-6-8-18(19(23)25-15(2)13-17)22-20(24)27-21(3,4)5/h9-12,15,17-18H,6-8,13H2,1-5H3,(H,22,24)/t15?,17?,18-/m0/s1. The molecular formula is C21H31NO5. The van der Waals surface area contributed by atoms with Crippen molar-refractivity contribution in [3.05, 3.63) is 29.8 Å². The summed E-state index contributed by atoms with van der Waals surface area (Å²) in [5.74, 6) is 0.385. The number of rotatable bonds is 3. The van der Waals surface area contributed by atoms with E-state index in [-0.39, 0.29) is 12.2 Å². The highest BCUT2D eigenvalue weighted by molar-refractivity contribution is 5.81. The molecule has 0 radical (unpaired) electrons. The third-order valence-corrected chi connectivity index (χ3v) is 4.23. The Hall–Kier alpha value is -2.24. The summed E-state index contributed by atoms with van der Waals surface area (Å²) in [5.41, 5.74) is 0.558. The molecule has 1 saturated heterocycles. The van der Waals surface area contributed by atoms with E-state index in [0.29, 0.717) is 12.8 Å². The molecule has 0 saturated carbocycles. The Balaban J connectivity index is 1.97. The molecule has 1 fully saturated rings. The van der Waals surface area contributed by atoms with E-state index < -0.39 is 23.7 Å². The van der Waals surface area contributed by atoms with E-state index in [1.165, 1.54) is 5.56 Å². The zero-order chi connectivity index (χ0) is 20.0. The first-order chi connectivity index (χ1) is 12.6. The van der Waals surface area contributed by atoms with Crippen molar-refractivity contribution in [2.24, 2.45) is 0 Å². The van der Waals surface area contributed by atoms with E-state index >= 15 is 0 Å². The summed E-state index contributed by atoms with van der Waals surface area (Å²) >= 11 is 0. The van der Waals surface area contributed by atoms with Crippen LogP contribution >= 0.6 is 0 Å². The van der Waals surface area contributed by atoms with Crippen LogP contribution in [0.15, 0.2) is 24.3 Å². The summed E-state index contributed by atoms with van der Waals surface area (Å²) in [6, 6.07) is 7.21. The van der Waals surface area contributed by atoms with Crippen LogP contribution in [0.25, 0.3) is 0 Å². The fraction of sp³-hybridized carbons (Fsp3) is 0.619. The first-order valence-electron chi connectivity index (χ1n) is 9.56. The molecule has 0 aliphatic carbocycles. The maximum absolute atomic E-state index is 12.4. The third-order valence-electron chi connectivity index (χ3n) is 4.23. The predicted octanol–water partition coefficient (Wildman–Crippen LogP) is 4.14. The first kappa shape index (κ1) is 21.1. The van der Waals surface area contributed by atoms with E-state index in [1.54, 1.807) is 20.8 Å². The number of hydrogen-bond acceptors (Lipinski definition) is 5. The van der Waals surface area contributed by atoms with Crippen LogP contribution in [0, 0.1) is 6.92 Å². The number of ether oxygens (including phenoxy) is 3. The molecule has 0 aromatic heterocycles. The summed E-state index contributed by atoms with van der Waals surface area (Å²) < 4.78 is 16.8. The van der Waals surface area contributed by atoms with Gasteiger partial charge in [-0.2, -0.15) is 0 Å². The van der Waals surface area contributed by atoms with Crippen molar-refractivity contribution >= 4 is 12.1 Å². The van der Waals surface area contributed by atoms with Gasteiger partial charge in [0.1, 0.15) is 29.6 Å². The molecule has 1 aliphatic rings. The lowest BCUT2D eigenvalue weighted by molar-refractivity contribution is -0.151. The molecule has 1 aromatic carbocycles. The van der Waals surface area contributed by atoms with E-state index in [9.17, 15) is 9.59 Å². The molecule has 2 unspecified atom stereocenters. The van der Waals surface area contributed by atoms with Crippen LogP contribution in [0.4, 0.5) is 4.79 Å². The zero-order valence-corrected chi connectivity index (χ0v) is 16.9. The van der Waals surface area contributed by atoms with Crippen molar-refractivity contribution in [2.75, 3.05) is 0 Å². The van der Waals surface area contributed by atoms with Crippen molar-refractivity contribution in [3.8, 4) is 5.75 Å². The second-order valence-corrected chi connectivity index (χ2v) is 8.17. The fourth-order valence-corrected chi connectivity index (χ4v) is 2.98. The molecule has 1 amide bonds. The number of amides is 1. The van der Waals surface area contributed by atoms with Crippen molar-refractivity contribution < 1.29 is 23.8 Å². The Morgan fingerprint density at radius 3 is 2.48 bits per heavy atom. The largest absolute Gasteiger partial charge is 0.490 e. The molecule has 1 aromatic rings. The third kappa shape index (κ3) is 7.49. The highest BCUT2D eigenvalue weighted by Crippen LogP contribution is 2.22. The van der Waals surface area contributed by atoms with Gasteiger partial charge in [0.05, 0.1) is 0 Å². The number of esters is 1. The van der Waals surface area contributed by atoms with Gasteiger partial charge in [0.15, 0.2) is 0 Å². The second-order valence-electron chi connectivity index (χ2n) is 8.17. The Morgan fingerprint density at radius 1 is 1.19 bits per heavy atom. The van der Waals surface area contributed by atoms with Gasteiger partial charge >= 0.3 is 12.1 Å². The van der Waals surface area contributed by atoms with Gasteiger partial charge in [0, 0.05) is 6.42 Å². The Labute approximate surface area is 161 Å². The Bertz CT molecular complexity index is 635. The molecule has 6 nitrogen and oxygen atoms in total. The SMILES string of the molecule is Cc1ccc(OC2CCC[C@H](NC(=O)OC(C)(C)C)C(=O)OC(C)C2)cc1. The number of carbonyl (C=O) groups is 2. The zero-order valence-electron chi connectivity index (χ0n) is 16.9. The van der Waals surface area contributed by atoms with Gasteiger partial charge in [-0.25, -0.2) is 9.59 Å². The molecule has 0 spiro atoms. The van der Waals surface area contributed by atoms with Crippen molar-refractivity contribution in [1.82, 2.24) is 5.32 Å². The van der Waals surface area contributed by atoms with Gasteiger partial charge in [0.2, 0.25) is 0 Å². The van der Waals surface area contributed by atoms with Crippen molar-refractivity contribution in [2.45, 2.75) is 84.2 Å². The molecule has 6 heteroatoms. The summed E-state index contributed by atoms with van der Waals surface area (Å²) in [5, 5.41) is 2.64. The number of hydrogen-bond donors (Lipinski definition) is 1. The maximum Gasteiger partial charge on any atom is 0.408 e. The molecule has 27 heavy (non-hydrogen) atoms. The lowest BCUT2D eigenvalue weighted by Crippen LogP contribution is -2.44. The fourth-order valence-electron chi connectivity index (χ4n) is 2.98. The summed E-state index contributed by atoms with van der Waals surface area (Å²) in [6.45, 7) is 9.22. The van der Waals surface area contributed by atoms with Crippen molar-refractivity contribution in [3.63, 3.8) is 0 Å². The predicted molar refractivity (Wildman–Crippen MR) is 103 cm³/mol. The minimum atomic E-state index is -0.708. The molecule has 1 aliphatic heterocycles. The van der Waals surface area contributed by atoms with E-state index in [2.05, 4.69) is 5.32 Å². The molecule has 1 N–H and O–H groups in total. The first-order valence-corrected chi connectivity index (χ1v) is 9.56. The maximum atomic E-state index is 12.4. The van der Waals surface area contributed by atoms with Crippen molar-refractivity contribution in [1.29, 1.82) is 0 Å². The lowest BCUT2D eigenvalue weighted by atomic mass is 10.0. The normalized spacial score (nSPS) is 24.0. The van der Waals surface area contributed by atoms with Crippen LogP contribution in [0.5, 0.6) is 5.75 Å². The van der Waals surface area contributed by atoms with E-state index in [1.807, 2.05) is 38.1 Å². The number of cyclic esters (lactones) is 1. The van der Waals surface area contributed by atoms with E-state index in [4.69, 9.17) is 14.2 Å². The van der Waals surface area contributed by atoms with Crippen LogP contribution in [0.3, 0.4) is 0 Å². The number of aryl methyl sites for hydroxylation is 1. The minimum absolute atomic E-state index is 0.0456. The highest BCUT2D eigenvalue weighted by Gasteiger charge is 2.29. The van der Waals surface area contributed by atoms with Gasteiger partial charge in [-0.15, -0.1) is 0 Å². The smallest absolute Gasteiger partial charge is 0.408 e. The average Bonchev–Trinajstić information content (AvgIpc) is 2.59. The molecule has 150 valence electrons. The van der Waals surface area contributed by atoms with Gasteiger partial charge in [-0.3, -0.25) is 0 Å². The van der Waals surface area contributed by atoms with Crippen LogP contribution in [-0.4, -0.2) is 35.9 Å². The van der Waals surface area contributed by atoms with Crippen LogP contribution in [0.1, 0.15) is 58.9 Å². The van der Waals surface area contributed by atoms with Gasteiger partial charge < -0.3 is 19.5 Å². The summed E-state index contributed by atoms with van der Waals surface area (Å²) in [6.07, 6.45) is 1.66. The van der Waals surface area contributed by atoms with Crippen LogP contribution in [-0.2, 0) is 14.3 Å². The van der Waals surface area contributed by atoms with E-state index in [0.717, 1.165) is 18.6 Å². The molecule has 2 rings (SSSR count). The summed E-state index contributed by atoms with van der Waals surface area (Å²) in [4.78, 5) is 24.4. The molecular weight excluding hydrogens is 346 g/mol. The highest BCUT2D eigenvalue weighted by atomic mass is 16.6. The van der Waals surface area contributed by atoms with Crippen LogP contribution in [0.2, 0.25) is 0 Å². The monoisotopic (exact) mass is 377 g/mol. The number of alkyl carbamates (subject to hydrolysis) is 1. The molecule has 1 heterocycles. The second kappa shape index (κ2) is 9.11. The molecule has 3 atom stereocenters. The Kier molecular flexibility index (Phi) is 7.11. The quantitative estimate of drug-likeness (QED) is 0.802. The van der Waals surface area contributed by atoms with Gasteiger partial charge in [-0.1, -0.05) is 17.7 Å². The number of benzene rings is 1. The number of carbonyl (C=O) groups excluding carboxylic acids is 2. The van der Waals surface area contributed by atoms with Gasteiger partial charge in [-0.05, 0) is 66.0 Å². The molecule has 0 bridgehead atoms. The van der Waals surface area contributed by atoms with Gasteiger partial charge in [0.25, 0.3) is 0 Å².